The van der Waals surface area contributed by atoms with E-state index in [9.17, 15) is 43.5 Å². The fourth-order valence-electron chi connectivity index (χ4n) is 5.43. The van der Waals surface area contributed by atoms with Crippen LogP contribution in [0.1, 0.15) is 25.5 Å². The van der Waals surface area contributed by atoms with Crippen LogP contribution >= 0.6 is 11.8 Å². The number of methoxy groups -OCH3 is 1. The van der Waals surface area contributed by atoms with Crippen molar-refractivity contribution in [2.75, 3.05) is 13.7 Å². The van der Waals surface area contributed by atoms with Gasteiger partial charge in [-0.15, -0.1) is 11.8 Å². The van der Waals surface area contributed by atoms with Crippen LogP contribution in [-0.2, 0) is 35.3 Å². The van der Waals surface area contributed by atoms with Gasteiger partial charge in [-0.3, -0.25) is 24.0 Å². The average Bonchev–Trinajstić information content (AvgIpc) is 3.31. The van der Waals surface area contributed by atoms with Crippen LogP contribution in [0, 0.1) is 0 Å². The second kappa shape index (κ2) is 13.2. The molecular formula is C30H29N5O12S. The Morgan fingerprint density at radius 3 is 2.40 bits per heavy atom. The van der Waals surface area contributed by atoms with Crippen molar-refractivity contribution >= 4 is 58.5 Å². The highest BCUT2D eigenvalue weighted by Crippen LogP contribution is 2.50. The third kappa shape index (κ3) is 6.46. The molecule has 0 aliphatic carbocycles. The van der Waals surface area contributed by atoms with E-state index in [1.54, 1.807) is 44.2 Å². The van der Waals surface area contributed by atoms with Gasteiger partial charge in [-0.05, 0) is 31.5 Å². The van der Waals surface area contributed by atoms with Gasteiger partial charge in [0, 0.05) is 4.75 Å². The SMILES string of the molecule is COC(=O)Oc1cccc2c(=O)n(CC(=O)NCC(=O)N[C@@H](C(=O)N[C@@H]3C(=O)N4[C@@H]3SC(C)(C)[C@@H]4C(=O)O)c3ccccc3)c(=O)oc12. The smallest absolute Gasteiger partial charge is 0.480 e. The molecule has 0 spiro atoms. The Kier molecular flexibility index (Phi) is 9.29. The number of fused-ring (bicyclic) bond motifs is 2. The lowest BCUT2D eigenvalue weighted by molar-refractivity contribution is -0.161. The van der Waals surface area contributed by atoms with Gasteiger partial charge in [0.25, 0.3) is 5.56 Å². The van der Waals surface area contributed by atoms with Gasteiger partial charge in [-0.2, -0.15) is 0 Å². The molecule has 4 N–H and O–H groups in total. The van der Waals surface area contributed by atoms with E-state index >= 15 is 0 Å². The summed E-state index contributed by atoms with van der Waals surface area (Å²) in [5.41, 5.74) is -0.913. The summed E-state index contributed by atoms with van der Waals surface area (Å²) >= 11 is 1.24. The second-order valence-electron chi connectivity index (χ2n) is 11.2. The van der Waals surface area contributed by atoms with Crippen molar-refractivity contribution in [3.8, 4) is 5.75 Å². The molecule has 2 aliphatic heterocycles. The number of benzene rings is 2. The lowest BCUT2D eigenvalue weighted by Gasteiger charge is -2.44. The molecule has 1 aromatic heterocycles. The predicted molar refractivity (Wildman–Crippen MR) is 166 cm³/mol. The minimum atomic E-state index is -1.30. The Morgan fingerprint density at radius 1 is 1.02 bits per heavy atom. The largest absolute Gasteiger partial charge is 0.513 e. The summed E-state index contributed by atoms with van der Waals surface area (Å²) in [5, 5.41) is 16.2. The molecule has 3 aromatic rings. The number of amides is 4. The molecule has 0 radical (unpaired) electrons. The van der Waals surface area contributed by atoms with Gasteiger partial charge in [0.2, 0.25) is 23.6 Å². The third-order valence-corrected chi connectivity index (χ3v) is 9.22. The summed E-state index contributed by atoms with van der Waals surface area (Å²) < 4.78 is 14.1. The Labute approximate surface area is 274 Å². The van der Waals surface area contributed by atoms with E-state index < -0.39 is 88.4 Å². The highest BCUT2D eigenvalue weighted by atomic mass is 32.2. The number of hydrogen-bond acceptors (Lipinski definition) is 12. The molecule has 3 heterocycles. The second-order valence-corrected chi connectivity index (χ2v) is 13.0. The maximum Gasteiger partial charge on any atom is 0.513 e. The standard InChI is InChI=1S/C30H29N5O12S/c1-30(2)22(27(41)42)35-25(40)20(26(35)48-30)33-23(38)19(14-8-5-4-6-9-14)32-17(36)12-31-18(37)13-34-24(39)15-10-7-11-16(46-29(44)45-3)21(15)47-28(34)43/h4-11,19-20,22,26H,12-13H2,1-3H3,(H,31,37)(H,32,36)(H,33,38)(H,41,42)/t19-,20-,22+,26-/m1/s1. The van der Waals surface area contributed by atoms with Crippen molar-refractivity contribution in [2.24, 2.45) is 0 Å². The summed E-state index contributed by atoms with van der Waals surface area (Å²) in [6, 6.07) is 8.59. The number of carboxylic acids is 1. The van der Waals surface area contributed by atoms with E-state index in [1.807, 2.05) is 0 Å². The number of aliphatic carboxylic acids is 1. The van der Waals surface area contributed by atoms with Crippen LogP contribution < -0.4 is 32.0 Å². The molecular weight excluding hydrogens is 654 g/mol. The van der Waals surface area contributed by atoms with Gasteiger partial charge in [-0.1, -0.05) is 36.4 Å². The van der Waals surface area contributed by atoms with Gasteiger partial charge in [0.15, 0.2) is 11.3 Å². The molecule has 0 bridgehead atoms. The van der Waals surface area contributed by atoms with Crippen molar-refractivity contribution in [1.29, 1.82) is 0 Å². The van der Waals surface area contributed by atoms with Gasteiger partial charge in [0.1, 0.15) is 30.0 Å². The Morgan fingerprint density at radius 2 is 1.73 bits per heavy atom. The fraction of sp³-hybridized carbons (Fsp3) is 0.333. The van der Waals surface area contributed by atoms with E-state index in [0.717, 1.165) is 7.11 Å². The number of nitrogens with one attached hydrogen (secondary N) is 3. The molecule has 18 heteroatoms. The molecule has 17 nitrogen and oxygen atoms in total. The molecule has 2 fully saturated rings. The number of β-lactam (4-membered cyclic amide) rings is 1. The Bertz CT molecular complexity index is 1940. The molecule has 2 saturated heterocycles. The van der Waals surface area contributed by atoms with E-state index in [-0.39, 0.29) is 16.7 Å². The summed E-state index contributed by atoms with van der Waals surface area (Å²) in [6.45, 7) is 1.90. The number of ether oxygens (including phenoxy) is 2. The molecule has 0 unspecified atom stereocenters. The van der Waals surface area contributed by atoms with Gasteiger partial charge >= 0.3 is 17.9 Å². The van der Waals surface area contributed by atoms with Crippen LogP contribution in [0.2, 0.25) is 0 Å². The van der Waals surface area contributed by atoms with Crippen LogP contribution in [0.15, 0.2) is 62.5 Å². The lowest BCUT2D eigenvalue weighted by atomic mass is 9.95. The topological polar surface area (TPSA) is 233 Å². The number of aromatic nitrogens is 1. The minimum absolute atomic E-state index is 0.177. The van der Waals surface area contributed by atoms with E-state index in [1.165, 1.54) is 34.9 Å². The number of carbonyl (C=O) groups excluding carboxylic acids is 5. The summed E-state index contributed by atoms with van der Waals surface area (Å²) in [5.74, 6) is -5.70. The number of hydrogen-bond donors (Lipinski definition) is 4. The summed E-state index contributed by atoms with van der Waals surface area (Å²) in [6.07, 6.45) is -1.12. The number of para-hydroxylation sites is 1. The molecule has 48 heavy (non-hydrogen) atoms. The monoisotopic (exact) mass is 683 g/mol. The van der Waals surface area contributed by atoms with Crippen LogP contribution in [0.4, 0.5) is 4.79 Å². The van der Waals surface area contributed by atoms with Crippen molar-refractivity contribution in [2.45, 2.75) is 48.6 Å². The van der Waals surface area contributed by atoms with Crippen molar-refractivity contribution in [3.63, 3.8) is 0 Å². The molecule has 2 aromatic carbocycles. The number of thioether (sulfide) groups is 1. The summed E-state index contributed by atoms with van der Waals surface area (Å²) in [4.78, 5) is 102. The van der Waals surface area contributed by atoms with Gasteiger partial charge in [0.05, 0.1) is 19.0 Å². The number of rotatable bonds is 10. The zero-order valence-electron chi connectivity index (χ0n) is 25.6. The first kappa shape index (κ1) is 33.7. The fourth-order valence-corrected chi connectivity index (χ4v) is 7.05. The molecule has 2 aliphatic rings. The molecule has 4 atom stereocenters. The van der Waals surface area contributed by atoms with Crippen molar-refractivity contribution in [1.82, 2.24) is 25.4 Å². The molecule has 4 amide bonds. The Hall–Kier alpha value is -5.65. The predicted octanol–water partition coefficient (Wildman–Crippen LogP) is -0.295. The zero-order valence-corrected chi connectivity index (χ0v) is 26.4. The van der Waals surface area contributed by atoms with Crippen LogP contribution in [0.5, 0.6) is 5.75 Å². The first-order valence-electron chi connectivity index (χ1n) is 14.3. The van der Waals surface area contributed by atoms with E-state index in [0.29, 0.717) is 10.1 Å². The maximum absolute atomic E-state index is 13.4. The van der Waals surface area contributed by atoms with Gasteiger partial charge < -0.3 is 39.8 Å². The van der Waals surface area contributed by atoms with Gasteiger partial charge in [-0.25, -0.2) is 19.0 Å². The van der Waals surface area contributed by atoms with Crippen LogP contribution in [0.25, 0.3) is 11.0 Å². The first-order chi connectivity index (χ1) is 22.7. The molecule has 5 rings (SSSR count). The average molecular weight is 684 g/mol. The number of nitrogens with zero attached hydrogens (tertiary/aromatic N) is 2. The highest BCUT2D eigenvalue weighted by Gasteiger charge is 2.64. The molecule has 252 valence electrons. The lowest BCUT2D eigenvalue weighted by Crippen LogP contribution is -2.71. The quantitative estimate of drug-likeness (QED) is 0.122. The number of carbonyl (C=O) groups is 6. The zero-order chi connectivity index (χ0) is 34.9. The normalized spacial score (nSPS) is 19.8. The molecule has 0 saturated carbocycles. The van der Waals surface area contributed by atoms with Crippen molar-refractivity contribution in [3.05, 3.63) is 75.0 Å². The third-order valence-electron chi connectivity index (χ3n) is 7.65. The van der Waals surface area contributed by atoms with Crippen molar-refractivity contribution < 1.29 is 47.8 Å². The van der Waals surface area contributed by atoms with E-state index in [2.05, 4.69) is 20.7 Å². The van der Waals surface area contributed by atoms with E-state index in [4.69, 9.17) is 9.15 Å². The summed E-state index contributed by atoms with van der Waals surface area (Å²) in [7, 11) is 1.06. The van der Waals surface area contributed by atoms with Crippen LogP contribution in [-0.4, -0.2) is 86.2 Å². The maximum atomic E-state index is 13.4. The Balaban J connectivity index is 1.24. The number of carboxylic acid groups (broad SMARTS) is 1. The highest BCUT2D eigenvalue weighted by molar-refractivity contribution is 8.01. The first-order valence-corrected chi connectivity index (χ1v) is 15.2. The van der Waals surface area contributed by atoms with Crippen LogP contribution in [0.3, 0.4) is 0 Å². The minimum Gasteiger partial charge on any atom is -0.480 e.